The summed E-state index contributed by atoms with van der Waals surface area (Å²) in [6.45, 7) is 2.08. The average Bonchev–Trinajstić information content (AvgIpc) is 2.93. The predicted molar refractivity (Wildman–Crippen MR) is 83.5 cm³/mol. The monoisotopic (exact) mass is 319 g/mol. The molecule has 0 atom stereocenters. The zero-order valence-electron chi connectivity index (χ0n) is 12.4. The Morgan fingerprint density at radius 3 is 2.86 bits per heavy atom. The largest absolute Gasteiger partial charge is 0.351 e. The number of aromatic nitrogens is 2. The van der Waals surface area contributed by atoms with Crippen LogP contribution in [0, 0.1) is 0 Å². The lowest BCUT2D eigenvalue weighted by molar-refractivity contribution is -0.123. The van der Waals surface area contributed by atoms with Crippen LogP contribution in [0.4, 0.5) is 0 Å². The summed E-state index contributed by atoms with van der Waals surface area (Å²) in [5.41, 5.74) is 0.708. The predicted octanol–water partition coefficient (Wildman–Crippen LogP) is 3.38. The highest BCUT2D eigenvalue weighted by Crippen LogP contribution is 2.31. The summed E-state index contributed by atoms with van der Waals surface area (Å²) in [7, 11) is 0. The Morgan fingerprint density at radius 2 is 2.18 bits per heavy atom. The van der Waals surface area contributed by atoms with Gasteiger partial charge in [-0.05, 0) is 38.3 Å². The first kappa shape index (κ1) is 15.0. The van der Waals surface area contributed by atoms with Crippen LogP contribution in [-0.4, -0.2) is 21.6 Å². The molecule has 6 heteroatoms. The Bertz CT molecular complexity index is 680. The molecule has 5 nitrogen and oxygen atoms in total. The number of nitrogens with one attached hydrogen (secondary N) is 1. The van der Waals surface area contributed by atoms with Crippen LogP contribution >= 0.6 is 11.6 Å². The molecular weight excluding hydrogens is 302 g/mol. The van der Waals surface area contributed by atoms with E-state index in [1.807, 2.05) is 18.2 Å². The van der Waals surface area contributed by atoms with Crippen LogP contribution in [0.2, 0.25) is 5.02 Å². The lowest BCUT2D eigenvalue weighted by Crippen LogP contribution is -2.50. The van der Waals surface area contributed by atoms with Crippen LogP contribution in [0.5, 0.6) is 0 Å². The maximum Gasteiger partial charge on any atom is 0.227 e. The van der Waals surface area contributed by atoms with Gasteiger partial charge in [0.1, 0.15) is 0 Å². The molecule has 3 rings (SSSR count). The normalized spacial score (nSPS) is 16.1. The lowest BCUT2D eigenvalue weighted by atomic mass is 9.78. The van der Waals surface area contributed by atoms with Crippen LogP contribution < -0.4 is 5.32 Å². The Balaban J connectivity index is 1.58. The first-order valence-corrected chi connectivity index (χ1v) is 7.82. The number of amides is 1. The number of benzene rings is 1. The number of hydrogen-bond acceptors (Lipinski definition) is 4. The molecule has 1 heterocycles. The molecule has 1 aromatic carbocycles. The fourth-order valence-electron chi connectivity index (χ4n) is 2.56. The van der Waals surface area contributed by atoms with E-state index >= 15 is 0 Å². The maximum absolute atomic E-state index is 11.9. The highest BCUT2D eigenvalue weighted by atomic mass is 35.5. The summed E-state index contributed by atoms with van der Waals surface area (Å²) in [5, 5.41) is 7.56. The summed E-state index contributed by atoms with van der Waals surface area (Å²) in [6, 6.07) is 7.32. The third-order valence-electron chi connectivity index (χ3n) is 4.05. The van der Waals surface area contributed by atoms with E-state index in [1.54, 1.807) is 6.07 Å². The number of rotatable bonds is 5. The Hall–Kier alpha value is -1.88. The van der Waals surface area contributed by atoms with Crippen molar-refractivity contribution in [3.63, 3.8) is 0 Å². The topological polar surface area (TPSA) is 68.0 Å². The zero-order chi connectivity index (χ0) is 15.6. The molecular formula is C16H18ClN3O2. The van der Waals surface area contributed by atoms with E-state index in [0.717, 1.165) is 18.4 Å². The Kier molecular flexibility index (Phi) is 4.16. The minimum atomic E-state index is -0.0192. The van der Waals surface area contributed by atoms with Gasteiger partial charge in [0.2, 0.25) is 17.6 Å². The summed E-state index contributed by atoms with van der Waals surface area (Å²) in [5.74, 6) is 0.926. The van der Waals surface area contributed by atoms with Crippen LogP contribution in [0.1, 0.15) is 38.5 Å². The van der Waals surface area contributed by atoms with Gasteiger partial charge in [-0.2, -0.15) is 4.98 Å². The third-order valence-corrected chi connectivity index (χ3v) is 4.38. The highest BCUT2D eigenvalue weighted by molar-refractivity contribution is 6.33. The smallest absolute Gasteiger partial charge is 0.227 e. The summed E-state index contributed by atoms with van der Waals surface area (Å²) >= 11 is 6.10. The average molecular weight is 320 g/mol. The molecule has 0 aliphatic heterocycles. The van der Waals surface area contributed by atoms with Crippen molar-refractivity contribution >= 4 is 17.5 Å². The summed E-state index contributed by atoms with van der Waals surface area (Å²) < 4.78 is 5.20. The van der Waals surface area contributed by atoms with E-state index in [-0.39, 0.29) is 11.4 Å². The molecule has 0 unspecified atom stereocenters. The van der Waals surface area contributed by atoms with Crippen LogP contribution in [-0.2, 0) is 11.2 Å². The van der Waals surface area contributed by atoms with Gasteiger partial charge in [0.05, 0.1) is 5.02 Å². The van der Waals surface area contributed by atoms with Gasteiger partial charge in [-0.3, -0.25) is 4.79 Å². The van der Waals surface area contributed by atoms with Crippen molar-refractivity contribution in [2.45, 2.75) is 44.6 Å². The van der Waals surface area contributed by atoms with Gasteiger partial charge < -0.3 is 9.84 Å². The second-order valence-electron chi connectivity index (χ2n) is 5.95. The van der Waals surface area contributed by atoms with E-state index in [9.17, 15) is 4.79 Å². The van der Waals surface area contributed by atoms with Crippen molar-refractivity contribution < 1.29 is 9.32 Å². The number of nitrogens with zero attached hydrogens (tertiary/aromatic N) is 2. The van der Waals surface area contributed by atoms with Crippen molar-refractivity contribution in [1.29, 1.82) is 0 Å². The molecule has 1 amide bonds. The van der Waals surface area contributed by atoms with E-state index in [0.29, 0.717) is 29.6 Å². The summed E-state index contributed by atoms with van der Waals surface area (Å²) in [4.78, 5) is 16.2. The quantitative estimate of drug-likeness (QED) is 0.917. The fraction of sp³-hybridized carbons (Fsp3) is 0.438. The fourth-order valence-corrected chi connectivity index (χ4v) is 2.78. The summed E-state index contributed by atoms with van der Waals surface area (Å²) in [6.07, 6.45) is 4.06. The molecule has 116 valence electrons. The SMILES string of the molecule is CC1(NC(=O)CCc2nc(-c3ccccc3Cl)no2)CCC1. The number of aryl methyl sites for hydroxylation is 1. The van der Waals surface area contributed by atoms with Gasteiger partial charge in [0.15, 0.2) is 0 Å². The molecule has 1 aliphatic carbocycles. The third kappa shape index (κ3) is 3.30. The van der Waals surface area contributed by atoms with Crippen LogP contribution in [0.25, 0.3) is 11.4 Å². The van der Waals surface area contributed by atoms with E-state index < -0.39 is 0 Å². The van der Waals surface area contributed by atoms with E-state index in [4.69, 9.17) is 16.1 Å². The molecule has 0 radical (unpaired) electrons. The molecule has 0 spiro atoms. The Morgan fingerprint density at radius 1 is 1.41 bits per heavy atom. The Labute approximate surface area is 134 Å². The van der Waals surface area contributed by atoms with Gasteiger partial charge in [-0.25, -0.2) is 0 Å². The van der Waals surface area contributed by atoms with Crippen molar-refractivity contribution in [3.05, 3.63) is 35.2 Å². The second kappa shape index (κ2) is 6.08. The van der Waals surface area contributed by atoms with Gasteiger partial charge in [0.25, 0.3) is 0 Å². The molecule has 2 aromatic rings. The number of carbonyl (C=O) groups excluding carboxylic acids is 1. The minimum Gasteiger partial charge on any atom is -0.351 e. The van der Waals surface area contributed by atoms with Gasteiger partial charge in [-0.15, -0.1) is 0 Å². The van der Waals surface area contributed by atoms with Gasteiger partial charge in [0, 0.05) is 23.9 Å². The first-order chi connectivity index (χ1) is 10.6. The molecule has 1 aliphatic rings. The zero-order valence-corrected chi connectivity index (χ0v) is 13.2. The highest BCUT2D eigenvalue weighted by Gasteiger charge is 2.32. The number of carbonyl (C=O) groups is 1. The second-order valence-corrected chi connectivity index (χ2v) is 6.36. The van der Waals surface area contributed by atoms with Crippen molar-refractivity contribution in [3.8, 4) is 11.4 Å². The molecule has 1 aromatic heterocycles. The molecule has 1 fully saturated rings. The number of hydrogen-bond donors (Lipinski definition) is 1. The molecule has 22 heavy (non-hydrogen) atoms. The van der Waals surface area contributed by atoms with E-state index in [1.165, 1.54) is 6.42 Å². The van der Waals surface area contributed by atoms with Crippen molar-refractivity contribution in [2.24, 2.45) is 0 Å². The van der Waals surface area contributed by atoms with Crippen LogP contribution in [0.3, 0.4) is 0 Å². The number of halogens is 1. The lowest BCUT2D eigenvalue weighted by Gasteiger charge is -2.39. The minimum absolute atomic E-state index is 0.0192. The molecule has 1 N–H and O–H groups in total. The van der Waals surface area contributed by atoms with Crippen molar-refractivity contribution in [1.82, 2.24) is 15.5 Å². The molecule has 0 bridgehead atoms. The van der Waals surface area contributed by atoms with Crippen LogP contribution in [0.15, 0.2) is 28.8 Å². The van der Waals surface area contributed by atoms with Gasteiger partial charge in [-0.1, -0.05) is 28.9 Å². The first-order valence-electron chi connectivity index (χ1n) is 7.44. The maximum atomic E-state index is 11.9. The van der Waals surface area contributed by atoms with Crippen molar-refractivity contribution in [2.75, 3.05) is 0 Å². The molecule has 1 saturated carbocycles. The van der Waals surface area contributed by atoms with Gasteiger partial charge >= 0.3 is 0 Å². The standard InChI is InChI=1S/C16H18ClN3O2/c1-16(9-4-10-16)19-13(21)7-8-14-18-15(20-22-14)11-5-2-3-6-12(11)17/h2-3,5-6H,4,7-10H2,1H3,(H,19,21). The van der Waals surface area contributed by atoms with E-state index in [2.05, 4.69) is 22.4 Å². The molecule has 0 saturated heterocycles.